The van der Waals surface area contributed by atoms with Gasteiger partial charge in [-0.1, -0.05) is 41.4 Å². The van der Waals surface area contributed by atoms with Gasteiger partial charge < -0.3 is 4.57 Å². The first-order valence-corrected chi connectivity index (χ1v) is 8.35. The number of aromatic nitrogens is 1. The van der Waals surface area contributed by atoms with E-state index in [0.717, 1.165) is 22.0 Å². The predicted molar refractivity (Wildman–Crippen MR) is 98.0 cm³/mol. The van der Waals surface area contributed by atoms with Crippen LogP contribution in [0.3, 0.4) is 0 Å². The summed E-state index contributed by atoms with van der Waals surface area (Å²) < 4.78 is 15.5. The normalized spacial score (nSPS) is 11.7. The Kier molecular flexibility index (Phi) is 4.96. The summed E-state index contributed by atoms with van der Waals surface area (Å²) in [5.74, 6) is 0.211. The first kappa shape index (κ1) is 16.4. The van der Waals surface area contributed by atoms with Gasteiger partial charge in [0, 0.05) is 24.0 Å². The first-order valence-electron chi connectivity index (χ1n) is 7.06. The van der Waals surface area contributed by atoms with Crippen LogP contribution < -0.4 is 0 Å². The van der Waals surface area contributed by atoms with E-state index in [-0.39, 0.29) is 5.82 Å². The number of aryl methyl sites for hydroxylation is 1. The Morgan fingerprint density at radius 1 is 1.00 bits per heavy atom. The molecule has 0 saturated carbocycles. The topological polar surface area (TPSA) is 4.93 Å². The predicted octanol–water partition coefficient (Wildman–Crippen LogP) is 6.50. The van der Waals surface area contributed by atoms with Gasteiger partial charge in [0.05, 0.1) is 15.6 Å². The molecule has 23 heavy (non-hydrogen) atoms. The van der Waals surface area contributed by atoms with Crippen molar-refractivity contribution in [2.24, 2.45) is 0 Å². The molecular formula is C18H13Cl3FN. The third-order valence-corrected chi connectivity index (χ3v) is 4.51. The summed E-state index contributed by atoms with van der Waals surface area (Å²) in [5, 5.41) is 2.02. The SMILES string of the molecule is Fc1ccc2c(C=Cc3ccc(Cl)c(Cl)c3)cn(CCCl)c2c1. The van der Waals surface area contributed by atoms with Gasteiger partial charge in [-0.15, -0.1) is 11.6 Å². The summed E-state index contributed by atoms with van der Waals surface area (Å²) in [7, 11) is 0. The Morgan fingerprint density at radius 3 is 2.57 bits per heavy atom. The van der Waals surface area contributed by atoms with Crippen molar-refractivity contribution in [1.29, 1.82) is 0 Å². The lowest BCUT2D eigenvalue weighted by Gasteiger charge is -2.01. The maximum atomic E-state index is 13.5. The Labute approximate surface area is 148 Å². The van der Waals surface area contributed by atoms with Crippen molar-refractivity contribution in [2.45, 2.75) is 6.54 Å². The molecule has 0 fully saturated rings. The zero-order valence-electron chi connectivity index (χ0n) is 12.1. The van der Waals surface area contributed by atoms with Crippen LogP contribution in [0.2, 0.25) is 10.0 Å². The van der Waals surface area contributed by atoms with E-state index in [4.69, 9.17) is 34.8 Å². The third kappa shape index (κ3) is 3.55. The summed E-state index contributed by atoms with van der Waals surface area (Å²) in [6.45, 7) is 0.627. The number of benzene rings is 2. The van der Waals surface area contributed by atoms with Crippen LogP contribution in [0, 0.1) is 5.82 Å². The fourth-order valence-corrected chi connectivity index (χ4v) is 2.99. The average Bonchev–Trinajstić information content (AvgIpc) is 2.86. The van der Waals surface area contributed by atoms with Crippen molar-refractivity contribution in [2.75, 3.05) is 5.88 Å². The number of rotatable bonds is 4. The number of nitrogens with zero attached hydrogens (tertiary/aromatic N) is 1. The quantitative estimate of drug-likeness (QED) is 0.463. The van der Waals surface area contributed by atoms with E-state index in [1.807, 2.05) is 29.0 Å². The van der Waals surface area contributed by atoms with Crippen LogP contribution in [0.15, 0.2) is 42.6 Å². The number of alkyl halides is 1. The molecular weight excluding hydrogens is 356 g/mol. The van der Waals surface area contributed by atoms with Crippen LogP contribution in [-0.2, 0) is 6.54 Å². The van der Waals surface area contributed by atoms with E-state index in [9.17, 15) is 4.39 Å². The lowest BCUT2D eigenvalue weighted by atomic mass is 10.1. The van der Waals surface area contributed by atoms with E-state index in [1.165, 1.54) is 12.1 Å². The number of hydrogen-bond donors (Lipinski definition) is 0. The highest BCUT2D eigenvalue weighted by molar-refractivity contribution is 6.42. The number of halogens is 4. The Hall–Kier alpha value is -1.48. The lowest BCUT2D eigenvalue weighted by Crippen LogP contribution is -1.96. The molecule has 1 nitrogen and oxygen atoms in total. The van der Waals surface area contributed by atoms with E-state index in [2.05, 4.69) is 0 Å². The van der Waals surface area contributed by atoms with E-state index in [0.29, 0.717) is 22.5 Å². The molecule has 118 valence electrons. The summed E-state index contributed by atoms with van der Waals surface area (Å²) in [6, 6.07) is 10.2. The first-order chi connectivity index (χ1) is 11.1. The maximum absolute atomic E-state index is 13.5. The molecule has 0 unspecified atom stereocenters. The van der Waals surface area contributed by atoms with E-state index >= 15 is 0 Å². The monoisotopic (exact) mass is 367 g/mol. The molecule has 0 spiro atoms. The second-order valence-corrected chi connectivity index (χ2v) is 6.33. The molecule has 3 aromatic rings. The van der Waals surface area contributed by atoms with Crippen LogP contribution >= 0.6 is 34.8 Å². The van der Waals surface area contributed by atoms with Crippen molar-refractivity contribution >= 4 is 57.9 Å². The lowest BCUT2D eigenvalue weighted by molar-refractivity contribution is 0.628. The van der Waals surface area contributed by atoms with Gasteiger partial charge in [-0.3, -0.25) is 0 Å². The highest BCUT2D eigenvalue weighted by Gasteiger charge is 2.07. The Morgan fingerprint density at radius 2 is 1.83 bits per heavy atom. The molecule has 0 aliphatic rings. The molecule has 2 aromatic carbocycles. The van der Waals surface area contributed by atoms with Crippen LogP contribution in [0.4, 0.5) is 4.39 Å². The summed E-state index contributed by atoms with van der Waals surface area (Å²) in [5.41, 5.74) is 2.77. The Balaban J connectivity index is 2.02. The van der Waals surface area contributed by atoms with Gasteiger partial charge in [0.25, 0.3) is 0 Å². The summed E-state index contributed by atoms with van der Waals surface area (Å²) >= 11 is 17.8. The molecule has 0 saturated heterocycles. The standard InChI is InChI=1S/C18H13Cl3FN/c19-7-8-23-11-13(15-5-4-14(22)10-18(15)23)3-1-12-2-6-16(20)17(21)9-12/h1-6,9-11H,7-8H2. The largest absolute Gasteiger partial charge is 0.346 e. The Bertz CT molecular complexity index is 883. The molecule has 0 N–H and O–H groups in total. The molecule has 5 heteroatoms. The molecule has 1 heterocycles. The van der Waals surface area contributed by atoms with E-state index < -0.39 is 0 Å². The van der Waals surface area contributed by atoms with Gasteiger partial charge in [0.15, 0.2) is 0 Å². The molecule has 0 amide bonds. The van der Waals surface area contributed by atoms with E-state index in [1.54, 1.807) is 18.2 Å². The van der Waals surface area contributed by atoms with Crippen molar-refractivity contribution in [3.05, 3.63) is 69.6 Å². The fourth-order valence-electron chi connectivity index (χ4n) is 2.50. The van der Waals surface area contributed by atoms with Crippen LogP contribution in [0.25, 0.3) is 23.1 Å². The van der Waals surface area contributed by atoms with Gasteiger partial charge in [0.1, 0.15) is 5.82 Å². The summed E-state index contributed by atoms with van der Waals surface area (Å²) in [4.78, 5) is 0. The van der Waals surface area contributed by atoms with Crippen molar-refractivity contribution < 1.29 is 4.39 Å². The summed E-state index contributed by atoms with van der Waals surface area (Å²) in [6.07, 6.45) is 5.90. The molecule has 0 radical (unpaired) electrons. The van der Waals surface area contributed by atoms with Gasteiger partial charge in [0.2, 0.25) is 0 Å². The fraction of sp³-hybridized carbons (Fsp3) is 0.111. The molecule has 3 rings (SSSR count). The average molecular weight is 369 g/mol. The van der Waals surface area contributed by atoms with Crippen LogP contribution in [0.1, 0.15) is 11.1 Å². The second-order valence-electron chi connectivity index (χ2n) is 5.14. The van der Waals surface area contributed by atoms with Crippen molar-refractivity contribution in [3.8, 4) is 0 Å². The molecule has 0 atom stereocenters. The highest BCUT2D eigenvalue weighted by Crippen LogP contribution is 2.26. The highest BCUT2D eigenvalue weighted by atomic mass is 35.5. The molecule has 0 bridgehead atoms. The second kappa shape index (κ2) is 6.96. The van der Waals surface area contributed by atoms with Crippen molar-refractivity contribution in [3.63, 3.8) is 0 Å². The zero-order valence-corrected chi connectivity index (χ0v) is 14.3. The van der Waals surface area contributed by atoms with Crippen LogP contribution in [-0.4, -0.2) is 10.4 Å². The molecule has 0 aliphatic heterocycles. The smallest absolute Gasteiger partial charge is 0.125 e. The van der Waals surface area contributed by atoms with Crippen LogP contribution in [0.5, 0.6) is 0 Å². The molecule has 0 aliphatic carbocycles. The molecule has 1 aromatic heterocycles. The third-order valence-electron chi connectivity index (χ3n) is 3.60. The minimum atomic E-state index is -0.258. The minimum absolute atomic E-state index is 0.258. The zero-order chi connectivity index (χ0) is 16.4. The van der Waals surface area contributed by atoms with Gasteiger partial charge >= 0.3 is 0 Å². The van der Waals surface area contributed by atoms with Crippen molar-refractivity contribution in [1.82, 2.24) is 4.57 Å². The van der Waals surface area contributed by atoms with Gasteiger partial charge in [-0.25, -0.2) is 4.39 Å². The minimum Gasteiger partial charge on any atom is -0.346 e. The number of fused-ring (bicyclic) bond motifs is 1. The number of hydrogen-bond acceptors (Lipinski definition) is 0. The van der Waals surface area contributed by atoms with Gasteiger partial charge in [-0.05, 0) is 41.5 Å². The van der Waals surface area contributed by atoms with Gasteiger partial charge in [-0.2, -0.15) is 0 Å². The maximum Gasteiger partial charge on any atom is 0.125 e.